The third-order valence-electron chi connectivity index (χ3n) is 4.53. The number of hydrogen-bond donors (Lipinski definition) is 4. The van der Waals surface area contributed by atoms with Gasteiger partial charge in [-0.25, -0.2) is 0 Å². The highest BCUT2D eigenvalue weighted by atomic mass is 127. The van der Waals surface area contributed by atoms with Gasteiger partial charge in [0.2, 0.25) is 11.9 Å². The summed E-state index contributed by atoms with van der Waals surface area (Å²) in [5.41, 5.74) is 1.74. The summed E-state index contributed by atoms with van der Waals surface area (Å²) in [6, 6.07) is 14.1. The lowest BCUT2D eigenvalue weighted by Gasteiger charge is -2.11. The Hall–Kier alpha value is -2.84. The molecule has 1 amide bonds. The maximum Gasteiger partial charge on any atom is 0.313 e. The summed E-state index contributed by atoms with van der Waals surface area (Å²) < 4.78 is 27.2. The average molecular weight is 608 g/mol. The molecule has 4 rings (SSSR count). The molecule has 7 nitrogen and oxygen atoms in total. The van der Waals surface area contributed by atoms with E-state index in [1.54, 1.807) is 46.9 Å². The Morgan fingerprint density at radius 2 is 1.82 bits per heavy atom. The van der Waals surface area contributed by atoms with E-state index in [-0.39, 0.29) is 15.3 Å². The van der Waals surface area contributed by atoms with Crippen LogP contribution in [0.3, 0.4) is 0 Å². The van der Waals surface area contributed by atoms with E-state index in [1.807, 2.05) is 24.3 Å². The molecule has 0 aliphatic rings. The maximum atomic E-state index is 13.7. The van der Waals surface area contributed by atoms with Crippen molar-refractivity contribution in [1.29, 1.82) is 0 Å². The standard InChI is InChI=1S/C22H15F2IN6OS2/c1-10(32)26-17-8-12(27-21-19(25)20(23)28-22(24)29-21)4-5-16(17)31-30-13-3-2-11-6-14(33)9-18(34)15(11)7-13/h2-9,33-34H,1H3,(H,26,32)(H,27,28,29). The number of benzene rings is 3. The van der Waals surface area contributed by atoms with Crippen LogP contribution < -0.4 is 10.6 Å². The Labute approximate surface area is 217 Å². The van der Waals surface area contributed by atoms with Crippen molar-refractivity contribution in [2.75, 3.05) is 10.6 Å². The fourth-order valence-electron chi connectivity index (χ4n) is 3.09. The van der Waals surface area contributed by atoms with Crippen LogP contribution in [0.1, 0.15) is 6.92 Å². The van der Waals surface area contributed by atoms with Gasteiger partial charge in [-0.15, -0.1) is 30.4 Å². The quantitative estimate of drug-likeness (QED) is 0.0634. The van der Waals surface area contributed by atoms with E-state index in [0.29, 0.717) is 22.7 Å². The molecule has 0 saturated carbocycles. The molecule has 0 aliphatic heterocycles. The molecule has 1 aromatic heterocycles. The molecule has 0 aliphatic carbocycles. The summed E-state index contributed by atoms with van der Waals surface area (Å²) in [6.07, 6.45) is -1.20. The van der Waals surface area contributed by atoms with Crippen LogP contribution >= 0.6 is 47.8 Å². The van der Waals surface area contributed by atoms with E-state index in [0.717, 1.165) is 20.6 Å². The number of azo groups is 1. The van der Waals surface area contributed by atoms with Crippen LogP contribution in [-0.4, -0.2) is 15.9 Å². The van der Waals surface area contributed by atoms with Crippen molar-refractivity contribution >= 4 is 93.1 Å². The van der Waals surface area contributed by atoms with Gasteiger partial charge in [0.15, 0.2) is 5.82 Å². The Kier molecular flexibility index (Phi) is 7.28. The highest BCUT2D eigenvalue weighted by Gasteiger charge is 2.13. The van der Waals surface area contributed by atoms with Gasteiger partial charge in [0, 0.05) is 22.4 Å². The van der Waals surface area contributed by atoms with Crippen LogP contribution in [0, 0.1) is 15.6 Å². The van der Waals surface area contributed by atoms with Gasteiger partial charge in [0.1, 0.15) is 9.26 Å². The Balaban J connectivity index is 1.66. The number of amides is 1. The number of rotatable bonds is 5. The molecule has 0 saturated heterocycles. The number of halogens is 3. The van der Waals surface area contributed by atoms with Crippen molar-refractivity contribution < 1.29 is 13.6 Å². The first-order valence-electron chi connectivity index (χ1n) is 9.64. The van der Waals surface area contributed by atoms with Gasteiger partial charge in [0.25, 0.3) is 0 Å². The third-order valence-corrected chi connectivity index (χ3v) is 6.11. The van der Waals surface area contributed by atoms with Crippen LogP contribution in [0.25, 0.3) is 10.8 Å². The molecule has 0 unspecified atom stereocenters. The molecule has 0 spiro atoms. The zero-order valence-electron chi connectivity index (χ0n) is 17.3. The first-order chi connectivity index (χ1) is 16.2. The third kappa shape index (κ3) is 5.62. The summed E-state index contributed by atoms with van der Waals surface area (Å²) in [7, 11) is 0. The molecule has 2 N–H and O–H groups in total. The number of fused-ring (bicyclic) bond motifs is 1. The minimum atomic E-state index is -1.20. The molecular formula is C22H15F2IN6OS2. The lowest BCUT2D eigenvalue weighted by Crippen LogP contribution is -2.07. The van der Waals surface area contributed by atoms with Crippen molar-refractivity contribution in [2.24, 2.45) is 10.2 Å². The van der Waals surface area contributed by atoms with Gasteiger partial charge >= 0.3 is 6.08 Å². The average Bonchev–Trinajstić information content (AvgIpc) is 2.76. The van der Waals surface area contributed by atoms with Crippen molar-refractivity contribution in [3.63, 3.8) is 0 Å². The van der Waals surface area contributed by atoms with Gasteiger partial charge in [-0.3, -0.25) is 4.79 Å². The second kappa shape index (κ2) is 10.2. The van der Waals surface area contributed by atoms with Crippen LogP contribution in [-0.2, 0) is 4.79 Å². The van der Waals surface area contributed by atoms with Crippen molar-refractivity contribution in [3.8, 4) is 0 Å². The van der Waals surface area contributed by atoms with Gasteiger partial charge in [-0.2, -0.15) is 23.9 Å². The number of hydrogen-bond acceptors (Lipinski definition) is 8. The van der Waals surface area contributed by atoms with E-state index in [4.69, 9.17) is 0 Å². The van der Waals surface area contributed by atoms with Gasteiger partial charge in [0.05, 0.1) is 11.4 Å². The number of carbonyl (C=O) groups is 1. The molecule has 3 aromatic carbocycles. The van der Waals surface area contributed by atoms with Crippen molar-refractivity contribution in [1.82, 2.24) is 9.97 Å². The summed E-state index contributed by atoms with van der Waals surface area (Å²) in [4.78, 5) is 19.9. The van der Waals surface area contributed by atoms with E-state index < -0.39 is 12.0 Å². The van der Waals surface area contributed by atoms with Crippen LogP contribution in [0.4, 0.5) is 37.3 Å². The first-order valence-corrected chi connectivity index (χ1v) is 11.6. The second-order valence-electron chi connectivity index (χ2n) is 7.05. The van der Waals surface area contributed by atoms with Crippen molar-refractivity contribution in [2.45, 2.75) is 16.7 Å². The number of carbonyl (C=O) groups excluding carboxylic acids is 1. The molecule has 0 atom stereocenters. The highest BCUT2D eigenvalue weighted by Crippen LogP contribution is 2.34. The summed E-state index contributed by atoms with van der Waals surface area (Å²) in [6.45, 7) is 1.35. The number of thiol groups is 2. The molecule has 172 valence electrons. The fraction of sp³-hybridized carbons (Fsp3) is 0.0455. The number of anilines is 3. The zero-order chi connectivity index (χ0) is 24.4. The number of nitrogens with one attached hydrogen (secondary N) is 2. The molecule has 0 bridgehead atoms. The second-order valence-corrected chi connectivity index (χ2v) is 9.13. The Morgan fingerprint density at radius 3 is 2.59 bits per heavy atom. The Bertz CT molecular complexity index is 1470. The normalized spacial score (nSPS) is 11.2. The lowest BCUT2D eigenvalue weighted by molar-refractivity contribution is -0.114. The summed E-state index contributed by atoms with van der Waals surface area (Å²) >= 11 is 10.5. The summed E-state index contributed by atoms with van der Waals surface area (Å²) in [5, 5.41) is 15.9. The predicted octanol–water partition coefficient (Wildman–Crippen LogP) is 7.21. The number of aromatic nitrogens is 2. The predicted molar refractivity (Wildman–Crippen MR) is 141 cm³/mol. The largest absolute Gasteiger partial charge is 0.339 e. The highest BCUT2D eigenvalue weighted by molar-refractivity contribution is 14.1. The SMILES string of the molecule is CC(=O)Nc1cc(Nc2nc(F)nc(F)c2I)ccc1N=Nc1ccc2cc(S)cc(S)c2c1. The van der Waals surface area contributed by atoms with Gasteiger partial charge in [-0.1, -0.05) is 6.07 Å². The molecule has 0 radical (unpaired) electrons. The molecule has 1 heterocycles. The molecule has 34 heavy (non-hydrogen) atoms. The molecule has 12 heteroatoms. The minimum Gasteiger partial charge on any atom is -0.339 e. The molecule has 0 fully saturated rings. The van der Waals surface area contributed by atoms with E-state index in [2.05, 4.69) is 56.1 Å². The minimum absolute atomic E-state index is 0.0220. The zero-order valence-corrected chi connectivity index (χ0v) is 21.3. The van der Waals surface area contributed by atoms with E-state index >= 15 is 0 Å². The van der Waals surface area contributed by atoms with E-state index in [1.165, 1.54) is 6.92 Å². The van der Waals surface area contributed by atoms with Gasteiger partial charge in [-0.05, 0) is 75.8 Å². The summed E-state index contributed by atoms with van der Waals surface area (Å²) in [5.74, 6) is -1.35. The van der Waals surface area contributed by atoms with Crippen LogP contribution in [0.2, 0.25) is 0 Å². The van der Waals surface area contributed by atoms with Crippen LogP contribution in [0.15, 0.2) is 68.6 Å². The smallest absolute Gasteiger partial charge is 0.313 e. The molecular weight excluding hydrogens is 593 g/mol. The lowest BCUT2D eigenvalue weighted by atomic mass is 10.1. The Morgan fingerprint density at radius 1 is 1.03 bits per heavy atom. The van der Waals surface area contributed by atoms with Crippen LogP contribution in [0.5, 0.6) is 0 Å². The fourth-order valence-corrected chi connectivity index (χ4v) is 4.17. The van der Waals surface area contributed by atoms with E-state index in [9.17, 15) is 13.6 Å². The van der Waals surface area contributed by atoms with Crippen molar-refractivity contribution in [3.05, 3.63) is 64.1 Å². The molecule has 4 aromatic rings. The monoisotopic (exact) mass is 608 g/mol. The topological polar surface area (TPSA) is 91.6 Å². The maximum absolute atomic E-state index is 13.7. The van der Waals surface area contributed by atoms with Gasteiger partial charge < -0.3 is 10.6 Å². The first kappa shape index (κ1) is 24.3. The number of nitrogens with zero attached hydrogens (tertiary/aromatic N) is 4.